The first-order chi connectivity index (χ1) is 4.36. The highest BCUT2D eigenvalue weighted by molar-refractivity contribution is 4.86. The summed E-state index contributed by atoms with van der Waals surface area (Å²) in [5.74, 6) is 0. The molecular formula is C7H14N2. The van der Waals surface area contributed by atoms with Gasteiger partial charge in [-0.15, -0.1) is 0 Å². The number of likely N-dealkylation sites (N-methyl/N-ethyl adjacent to an activating group) is 1. The Kier molecular flexibility index (Phi) is 1.24. The number of piperazine rings is 1. The van der Waals surface area contributed by atoms with Gasteiger partial charge < -0.3 is 9.80 Å². The second-order valence-corrected chi connectivity index (χ2v) is 3.22. The first-order valence-electron chi connectivity index (χ1n) is 3.79. The van der Waals surface area contributed by atoms with Gasteiger partial charge in [0.2, 0.25) is 0 Å². The molecule has 2 heteroatoms. The topological polar surface area (TPSA) is 6.48 Å². The average molecular weight is 126 g/mol. The largest absolute Gasteiger partial charge is 0.301 e. The van der Waals surface area contributed by atoms with E-state index in [1.807, 2.05) is 0 Å². The van der Waals surface area contributed by atoms with E-state index in [0.29, 0.717) is 0 Å². The van der Waals surface area contributed by atoms with Crippen molar-refractivity contribution in [3.05, 3.63) is 0 Å². The lowest BCUT2D eigenvalue weighted by Crippen LogP contribution is -2.44. The molecule has 52 valence electrons. The van der Waals surface area contributed by atoms with Crippen molar-refractivity contribution >= 4 is 0 Å². The molecule has 2 atom stereocenters. The number of hydrogen-bond donors (Lipinski definition) is 0. The van der Waals surface area contributed by atoms with E-state index >= 15 is 0 Å². The highest BCUT2D eigenvalue weighted by Crippen LogP contribution is 2.17. The van der Waals surface area contributed by atoms with Crippen molar-refractivity contribution in [2.75, 3.05) is 33.2 Å². The number of nitrogens with zero attached hydrogens (tertiary/aromatic N) is 2. The first kappa shape index (κ1) is 5.69. The molecule has 2 saturated heterocycles. The Morgan fingerprint density at radius 3 is 2.89 bits per heavy atom. The molecular weight excluding hydrogens is 112 g/mol. The molecule has 2 bridgehead atoms. The predicted molar refractivity (Wildman–Crippen MR) is 37.5 cm³/mol. The molecule has 0 aromatic rings. The minimum atomic E-state index is 0.888. The van der Waals surface area contributed by atoms with Crippen molar-refractivity contribution in [3.8, 4) is 0 Å². The molecule has 0 aromatic heterocycles. The molecule has 2 aliphatic heterocycles. The zero-order valence-corrected chi connectivity index (χ0v) is 6.01. The van der Waals surface area contributed by atoms with Crippen molar-refractivity contribution in [2.24, 2.45) is 0 Å². The lowest BCUT2D eigenvalue weighted by molar-refractivity contribution is 0.165. The summed E-state index contributed by atoms with van der Waals surface area (Å²) in [4.78, 5) is 5.05. The molecule has 0 spiro atoms. The summed E-state index contributed by atoms with van der Waals surface area (Å²) in [6.07, 6.45) is 1.40. The Bertz CT molecular complexity index is 113. The molecule has 0 saturated carbocycles. The minimum absolute atomic E-state index is 0.888. The van der Waals surface area contributed by atoms with Crippen molar-refractivity contribution in [2.45, 2.75) is 12.5 Å². The molecule has 0 radical (unpaired) electrons. The highest BCUT2D eigenvalue weighted by atomic mass is 15.3. The van der Waals surface area contributed by atoms with Gasteiger partial charge in [-0.2, -0.15) is 0 Å². The van der Waals surface area contributed by atoms with E-state index in [4.69, 9.17) is 0 Å². The summed E-state index contributed by atoms with van der Waals surface area (Å²) >= 11 is 0. The quantitative estimate of drug-likeness (QED) is 0.451. The molecule has 9 heavy (non-hydrogen) atoms. The summed E-state index contributed by atoms with van der Waals surface area (Å²) in [6.45, 7) is 5.25. The molecule has 1 unspecified atom stereocenters. The molecule has 2 fully saturated rings. The zero-order valence-electron chi connectivity index (χ0n) is 6.01. The Labute approximate surface area is 56.4 Å². The lowest BCUT2D eigenvalue weighted by atomic mass is 10.2. The number of hydrogen-bond acceptors (Lipinski definition) is 2. The van der Waals surface area contributed by atoms with Crippen LogP contribution in [0, 0.1) is 0 Å². The Balaban J connectivity index is 2.05. The third kappa shape index (κ3) is 0.864. The van der Waals surface area contributed by atoms with Gasteiger partial charge in [-0.1, -0.05) is 0 Å². The van der Waals surface area contributed by atoms with Crippen LogP contribution in [0.5, 0.6) is 0 Å². The van der Waals surface area contributed by atoms with Gasteiger partial charge in [0.25, 0.3) is 0 Å². The fourth-order valence-electron chi connectivity index (χ4n) is 1.86. The molecule has 2 aliphatic rings. The second-order valence-electron chi connectivity index (χ2n) is 3.22. The van der Waals surface area contributed by atoms with E-state index in [2.05, 4.69) is 16.8 Å². The smallest absolute Gasteiger partial charge is 0.0232 e. The maximum atomic E-state index is 2.56. The van der Waals surface area contributed by atoms with Crippen LogP contribution in [-0.4, -0.2) is 49.1 Å². The fraction of sp³-hybridized carbons (Fsp3) is 1.00. The van der Waals surface area contributed by atoms with Crippen LogP contribution >= 0.6 is 0 Å². The maximum absolute atomic E-state index is 2.56. The Morgan fingerprint density at radius 1 is 1.22 bits per heavy atom. The normalized spacial score (nSPS) is 43.7. The third-order valence-electron chi connectivity index (χ3n) is 2.64. The van der Waals surface area contributed by atoms with Crippen LogP contribution in [0.15, 0.2) is 0 Å². The Morgan fingerprint density at radius 2 is 2.11 bits per heavy atom. The summed E-state index contributed by atoms with van der Waals surface area (Å²) in [6, 6.07) is 0.888. The van der Waals surface area contributed by atoms with Crippen LogP contribution in [0.4, 0.5) is 0 Å². The van der Waals surface area contributed by atoms with Gasteiger partial charge in [-0.05, 0) is 20.0 Å². The van der Waals surface area contributed by atoms with E-state index in [-0.39, 0.29) is 0 Å². The van der Waals surface area contributed by atoms with Gasteiger partial charge in [0.15, 0.2) is 0 Å². The monoisotopic (exact) mass is 126 g/mol. The molecule has 2 heterocycles. The third-order valence-corrected chi connectivity index (χ3v) is 2.64. The van der Waals surface area contributed by atoms with Gasteiger partial charge in [0.05, 0.1) is 0 Å². The summed E-state index contributed by atoms with van der Waals surface area (Å²) in [5, 5.41) is 0. The van der Waals surface area contributed by atoms with Gasteiger partial charge >= 0.3 is 0 Å². The van der Waals surface area contributed by atoms with Crippen molar-refractivity contribution in [1.29, 1.82) is 0 Å². The van der Waals surface area contributed by atoms with Crippen LogP contribution in [0.25, 0.3) is 0 Å². The lowest BCUT2D eigenvalue weighted by Gasteiger charge is -2.30. The second kappa shape index (κ2) is 1.96. The van der Waals surface area contributed by atoms with Gasteiger partial charge in [0, 0.05) is 25.7 Å². The molecule has 2 rings (SSSR count). The SMILES string of the molecule is CN1CCN2CC[C@H]1C2. The standard InChI is InChI=1S/C7H14N2/c1-8-4-5-9-3-2-7(8)6-9/h7H,2-6H2,1H3/t7-/m0/s1. The minimum Gasteiger partial charge on any atom is -0.301 e. The molecule has 0 amide bonds. The van der Waals surface area contributed by atoms with Crippen molar-refractivity contribution < 1.29 is 0 Å². The van der Waals surface area contributed by atoms with Crippen LogP contribution in [0.2, 0.25) is 0 Å². The van der Waals surface area contributed by atoms with Gasteiger partial charge in [-0.25, -0.2) is 0 Å². The first-order valence-corrected chi connectivity index (χ1v) is 3.79. The maximum Gasteiger partial charge on any atom is 0.0232 e. The van der Waals surface area contributed by atoms with Crippen LogP contribution in [0.1, 0.15) is 6.42 Å². The summed E-state index contributed by atoms with van der Waals surface area (Å²) in [7, 11) is 2.24. The average Bonchev–Trinajstić information content (AvgIpc) is 2.25. The van der Waals surface area contributed by atoms with Crippen LogP contribution < -0.4 is 0 Å². The van der Waals surface area contributed by atoms with Gasteiger partial charge in [0.1, 0.15) is 0 Å². The van der Waals surface area contributed by atoms with Crippen molar-refractivity contribution in [3.63, 3.8) is 0 Å². The van der Waals surface area contributed by atoms with Crippen LogP contribution in [0.3, 0.4) is 0 Å². The molecule has 0 N–H and O–H groups in total. The van der Waals surface area contributed by atoms with E-state index in [1.54, 1.807) is 0 Å². The highest BCUT2D eigenvalue weighted by Gasteiger charge is 2.29. The molecule has 2 nitrogen and oxygen atoms in total. The van der Waals surface area contributed by atoms with E-state index in [9.17, 15) is 0 Å². The number of rotatable bonds is 0. The molecule has 0 aromatic carbocycles. The van der Waals surface area contributed by atoms with E-state index in [0.717, 1.165) is 6.04 Å². The molecule has 0 aliphatic carbocycles. The fourth-order valence-corrected chi connectivity index (χ4v) is 1.86. The summed E-state index contributed by atoms with van der Waals surface area (Å²) in [5.41, 5.74) is 0. The zero-order chi connectivity index (χ0) is 6.27. The summed E-state index contributed by atoms with van der Waals surface area (Å²) < 4.78 is 0. The van der Waals surface area contributed by atoms with Gasteiger partial charge in [-0.3, -0.25) is 0 Å². The van der Waals surface area contributed by atoms with Crippen LogP contribution in [-0.2, 0) is 0 Å². The van der Waals surface area contributed by atoms with E-state index in [1.165, 1.54) is 32.6 Å². The van der Waals surface area contributed by atoms with E-state index < -0.39 is 0 Å². The predicted octanol–water partition coefficient (Wildman–Crippen LogP) is 0.00610. The number of fused-ring (bicyclic) bond motifs is 2. The Hall–Kier alpha value is -0.0800. The van der Waals surface area contributed by atoms with Crippen molar-refractivity contribution in [1.82, 2.24) is 9.80 Å².